The molecule has 0 bridgehead atoms. The third kappa shape index (κ3) is 4.49. The molecule has 1 heterocycles. The molecular formula is C20H27N3O3. The molecule has 2 amide bonds. The molecule has 3 rings (SSSR count). The second-order valence-corrected chi connectivity index (χ2v) is 7.09. The van der Waals surface area contributed by atoms with Crippen LogP contribution in [0.25, 0.3) is 0 Å². The number of carbonyl (C=O) groups excluding carboxylic acids is 3. The molecule has 1 aromatic rings. The lowest BCUT2D eigenvalue weighted by molar-refractivity contribution is -0.133. The molecule has 1 aliphatic heterocycles. The quantitative estimate of drug-likeness (QED) is 0.772. The normalized spacial score (nSPS) is 17.0. The summed E-state index contributed by atoms with van der Waals surface area (Å²) >= 11 is 0. The van der Waals surface area contributed by atoms with Gasteiger partial charge in [0.1, 0.15) is 0 Å². The molecule has 140 valence electrons. The lowest BCUT2D eigenvalue weighted by atomic mass is 10.0. The molecule has 0 saturated carbocycles. The molecule has 1 N–H and O–H groups in total. The van der Waals surface area contributed by atoms with E-state index in [9.17, 15) is 14.4 Å². The van der Waals surface area contributed by atoms with Crippen molar-refractivity contribution >= 4 is 17.6 Å². The number of hydrogen-bond acceptors (Lipinski definition) is 4. The first-order valence-electron chi connectivity index (χ1n) is 9.42. The Balaban J connectivity index is 1.44. The summed E-state index contributed by atoms with van der Waals surface area (Å²) in [7, 11) is 1.63. The molecule has 2 aliphatic rings. The fourth-order valence-electron chi connectivity index (χ4n) is 3.71. The van der Waals surface area contributed by atoms with Crippen LogP contribution >= 0.6 is 0 Å². The van der Waals surface area contributed by atoms with Crippen LogP contribution in [0.5, 0.6) is 0 Å². The molecule has 26 heavy (non-hydrogen) atoms. The third-order valence-electron chi connectivity index (χ3n) is 5.36. The highest BCUT2D eigenvalue weighted by Gasteiger charge is 2.23. The zero-order valence-electron chi connectivity index (χ0n) is 15.4. The zero-order valence-corrected chi connectivity index (χ0v) is 15.4. The zero-order chi connectivity index (χ0) is 18.5. The summed E-state index contributed by atoms with van der Waals surface area (Å²) < 4.78 is 0. The maximum absolute atomic E-state index is 12.4. The molecule has 0 radical (unpaired) electrons. The number of fused-ring (bicyclic) bond motifs is 1. The van der Waals surface area contributed by atoms with Crippen LogP contribution in [0, 0.1) is 0 Å². The molecule has 0 spiro atoms. The molecule has 1 aliphatic carbocycles. The predicted molar refractivity (Wildman–Crippen MR) is 99.1 cm³/mol. The molecular weight excluding hydrogens is 330 g/mol. The van der Waals surface area contributed by atoms with Crippen molar-refractivity contribution in [1.82, 2.24) is 15.1 Å². The monoisotopic (exact) mass is 357 g/mol. The number of carbonyl (C=O) groups is 3. The highest BCUT2D eigenvalue weighted by molar-refractivity contribution is 5.98. The Morgan fingerprint density at radius 3 is 2.46 bits per heavy atom. The third-order valence-corrected chi connectivity index (χ3v) is 5.36. The minimum absolute atomic E-state index is 0.00952. The van der Waals surface area contributed by atoms with Crippen molar-refractivity contribution in [1.29, 1.82) is 0 Å². The highest BCUT2D eigenvalue weighted by Crippen LogP contribution is 2.23. The minimum atomic E-state index is -0.00952. The predicted octanol–water partition coefficient (Wildman–Crippen LogP) is 1.03. The average Bonchev–Trinajstić information content (AvgIpc) is 3.14. The van der Waals surface area contributed by atoms with Gasteiger partial charge in [0.25, 0.3) is 0 Å². The molecule has 1 fully saturated rings. The van der Waals surface area contributed by atoms with Crippen molar-refractivity contribution in [2.24, 2.45) is 0 Å². The number of rotatable bonds is 6. The van der Waals surface area contributed by atoms with Crippen LogP contribution in [0.3, 0.4) is 0 Å². The van der Waals surface area contributed by atoms with Crippen molar-refractivity contribution < 1.29 is 14.4 Å². The lowest BCUT2D eigenvalue weighted by Crippen LogP contribution is -2.50. The smallest absolute Gasteiger partial charge is 0.233 e. The Morgan fingerprint density at radius 2 is 1.73 bits per heavy atom. The maximum atomic E-state index is 12.4. The summed E-state index contributed by atoms with van der Waals surface area (Å²) in [5.41, 5.74) is 3.37. The van der Waals surface area contributed by atoms with Crippen LogP contribution in [0.2, 0.25) is 0 Å². The molecule has 0 atom stereocenters. The molecule has 0 unspecified atom stereocenters. The van der Waals surface area contributed by atoms with Crippen LogP contribution in [-0.2, 0) is 22.4 Å². The molecule has 6 nitrogen and oxygen atoms in total. The topological polar surface area (TPSA) is 69.7 Å². The summed E-state index contributed by atoms with van der Waals surface area (Å²) in [5, 5.41) is 2.61. The van der Waals surface area contributed by atoms with Crippen LogP contribution in [0.15, 0.2) is 18.2 Å². The number of Topliss-reactive ketones (excluding diaryl/α,β-unsaturated/α-hetero) is 1. The molecule has 0 aromatic heterocycles. The average molecular weight is 357 g/mol. The van der Waals surface area contributed by atoms with E-state index in [1.165, 1.54) is 11.1 Å². The number of piperazine rings is 1. The number of nitrogens with one attached hydrogen (secondary N) is 1. The van der Waals surface area contributed by atoms with E-state index in [-0.39, 0.29) is 30.4 Å². The second kappa shape index (κ2) is 8.45. The van der Waals surface area contributed by atoms with E-state index >= 15 is 0 Å². The summed E-state index contributed by atoms with van der Waals surface area (Å²) in [6, 6.07) is 5.96. The minimum Gasteiger partial charge on any atom is -0.358 e. The first-order chi connectivity index (χ1) is 12.6. The van der Waals surface area contributed by atoms with Gasteiger partial charge in [-0.05, 0) is 36.5 Å². The van der Waals surface area contributed by atoms with E-state index in [1.54, 1.807) is 11.9 Å². The SMILES string of the molecule is CNC(=O)CN1CCN(C(=O)CCC(=O)c2ccc3c(c2)CCC3)CC1. The van der Waals surface area contributed by atoms with Gasteiger partial charge in [-0.2, -0.15) is 0 Å². The second-order valence-electron chi connectivity index (χ2n) is 7.09. The van der Waals surface area contributed by atoms with Crippen molar-refractivity contribution in [3.63, 3.8) is 0 Å². The fraction of sp³-hybridized carbons (Fsp3) is 0.550. The standard InChI is InChI=1S/C20H27N3O3/c1-21-19(25)14-22-9-11-23(12-10-22)20(26)8-7-18(24)17-6-5-15-3-2-4-16(15)13-17/h5-6,13H,2-4,7-12,14H2,1H3,(H,21,25). The van der Waals surface area contributed by atoms with Gasteiger partial charge in [-0.1, -0.05) is 12.1 Å². The molecule has 6 heteroatoms. The summed E-state index contributed by atoms with van der Waals surface area (Å²) in [5.74, 6) is 0.0649. The van der Waals surface area contributed by atoms with Crippen molar-refractivity contribution in [2.45, 2.75) is 32.1 Å². The van der Waals surface area contributed by atoms with Crippen molar-refractivity contribution in [3.05, 3.63) is 34.9 Å². The van der Waals surface area contributed by atoms with Gasteiger partial charge in [-0.15, -0.1) is 0 Å². The van der Waals surface area contributed by atoms with E-state index in [4.69, 9.17) is 0 Å². The number of benzene rings is 1. The van der Waals surface area contributed by atoms with Gasteiger partial charge in [0.05, 0.1) is 6.54 Å². The van der Waals surface area contributed by atoms with Gasteiger partial charge in [0.15, 0.2) is 5.78 Å². The van der Waals surface area contributed by atoms with E-state index in [2.05, 4.69) is 11.4 Å². The lowest BCUT2D eigenvalue weighted by Gasteiger charge is -2.34. The van der Waals surface area contributed by atoms with Crippen LogP contribution in [0.1, 0.15) is 40.7 Å². The van der Waals surface area contributed by atoms with E-state index in [0.717, 1.165) is 24.8 Å². The fourth-order valence-corrected chi connectivity index (χ4v) is 3.71. The number of likely N-dealkylation sites (N-methyl/N-ethyl adjacent to an activating group) is 1. The largest absolute Gasteiger partial charge is 0.358 e. The van der Waals surface area contributed by atoms with Crippen molar-refractivity contribution in [3.8, 4) is 0 Å². The number of amides is 2. The summed E-state index contributed by atoms with van der Waals surface area (Å²) in [6.07, 6.45) is 3.84. The Hall–Kier alpha value is -2.21. The molecule has 1 saturated heterocycles. The first-order valence-corrected chi connectivity index (χ1v) is 9.42. The summed E-state index contributed by atoms with van der Waals surface area (Å²) in [4.78, 5) is 40.0. The number of nitrogens with zero attached hydrogens (tertiary/aromatic N) is 2. The Kier molecular flexibility index (Phi) is 6.04. The molecule has 1 aromatic carbocycles. The van der Waals surface area contributed by atoms with Crippen LogP contribution < -0.4 is 5.32 Å². The van der Waals surface area contributed by atoms with E-state index in [0.29, 0.717) is 32.7 Å². The highest BCUT2D eigenvalue weighted by atomic mass is 16.2. The van der Waals surface area contributed by atoms with E-state index < -0.39 is 0 Å². The van der Waals surface area contributed by atoms with Gasteiger partial charge in [-0.25, -0.2) is 0 Å². The van der Waals surface area contributed by atoms with Gasteiger partial charge < -0.3 is 10.2 Å². The van der Waals surface area contributed by atoms with Gasteiger partial charge in [0, 0.05) is 51.6 Å². The summed E-state index contributed by atoms with van der Waals surface area (Å²) in [6.45, 7) is 2.98. The first kappa shape index (κ1) is 18.6. The van der Waals surface area contributed by atoms with Crippen molar-refractivity contribution in [2.75, 3.05) is 39.8 Å². The van der Waals surface area contributed by atoms with Gasteiger partial charge in [-0.3, -0.25) is 19.3 Å². The number of aryl methyl sites for hydroxylation is 2. The maximum Gasteiger partial charge on any atom is 0.233 e. The van der Waals surface area contributed by atoms with Gasteiger partial charge >= 0.3 is 0 Å². The van der Waals surface area contributed by atoms with Crippen LogP contribution in [-0.4, -0.2) is 67.2 Å². The Bertz CT molecular complexity index is 694. The number of ketones is 1. The Morgan fingerprint density at radius 1 is 1.00 bits per heavy atom. The number of hydrogen-bond donors (Lipinski definition) is 1. The Labute approximate surface area is 154 Å². The van der Waals surface area contributed by atoms with Crippen LogP contribution in [0.4, 0.5) is 0 Å². The van der Waals surface area contributed by atoms with E-state index in [1.807, 2.05) is 17.0 Å². The van der Waals surface area contributed by atoms with Gasteiger partial charge in [0.2, 0.25) is 11.8 Å².